The molecule has 14 nitrogen and oxygen atoms in total. The summed E-state index contributed by atoms with van der Waals surface area (Å²) in [6.07, 6.45) is -1.25. The molecule has 8 rings (SSSR count). The molecule has 0 aliphatic heterocycles. The average Bonchev–Trinajstić information content (AvgIpc) is 3.96. The van der Waals surface area contributed by atoms with Crippen molar-refractivity contribution in [3.05, 3.63) is 145 Å². The van der Waals surface area contributed by atoms with Crippen LogP contribution in [0.15, 0.2) is 142 Å². The van der Waals surface area contributed by atoms with Crippen LogP contribution in [-0.4, -0.2) is 67.7 Å². The van der Waals surface area contributed by atoms with Gasteiger partial charge < -0.3 is 47.5 Å². The number of halogens is 1. The summed E-state index contributed by atoms with van der Waals surface area (Å²) in [6.45, 7) is 0. The number of fused-ring (bicyclic) bond motifs is 2. The lowest BCUT2D eigenvalue weighted by atomic mass is 10.1. The van der Waals surface area contributed by atoms with Gasteiger partial charge in [0.2, 0.25) is 17.9 Å². The van der Waals surface area contributed by atoms with E-state index in [0.29, 0.717) is 68.2 Å². The van der Waals surface area contributed by atoms with Crippen LogP contribution >= 0.6 is 15.9 Å². The Morgan fingerprint density at radius 2 is 1.05 bits per heavy atom. The van der Waals surface area contributed by atoms with E-state index in [-0.39, 0.29) is 26.6 Å². The number of hydrogen-bond donors (Lipinski definition) is 2. The van der Waals surface area contributed by atoms with Crippen LogP contribution in [0, 0.1) is 0 Å². The van der Waals surface area contributed by atoms with Crippen LogP contribution in [0.5, 0.6) is 34.5 Å². The van der Waals surface area contributed by atoms with Gasteiger partial charge in [0.1, 0.15) is 50.4 Å². The minimum absolute atomic E-state index is 0. The number of carboxylic acids is 1. The Morgan fingerprint density at radius 1 is 0.578 bits per heavy atom. The number of phenols is 1. The van der Waals surface area contributed by atoms with E-state index in [1.807, 2.05) is 66.7 Å². The van der Waals surface area contributed by atoms with Gasteiger partial charge >= 0.3 is 11.9 Å². The minimum Gasteiger partial charge on any atom is -0.507 e. The van der Waals surface area contributed by atoms with Gasteiger partial charge in [-0.3, -0.25) is 4.79 Å². The summed E-state index contributed by atoms with van der Waals surface area (Å²) in [7, 11) is 7.58. The number of ether oxygens (including phenoxy) is 6. The number of esters is 1. The highest BCUT2D eigenvalue weighted by Gasteiger charge is 2.26. The standard InChI is InChI=1S/C23H19NO6.C14H11NO3.C10H11BrO3.2CH4/c1-27-15-7-5-6-14(12-15)21(23(25)26)29-19-11-10-16(28-2)13-17(19)22-24-18-8-3-4-9-20(18)30-22;1-17-9-6-7-12(16)10(8-9)14-15-11-4-2-3-5-13(11)18-14;1-13-8-5-3-4-7(6-8)9(11)10(12)14-2;;/h3-13,21H,1-2H3,(H,25,26);2-8,16H,1H3;3-6,9H,1-2H3;2*1H4. The van der Waals surface area contributed by atoms with Crippen LogP contribution in [0.4, 0.5) is 0 Å². The second kappa shape index (κ2) is 23.1. The third-order valence-corrected chi connectivity index (χ3v) is 10.0. The number of phenolic OH excluding ortho intramolecular Hbond substituents is 1. The lowest BCUT2D eigenvalue weighted by Crippen LogP contribution is -2.18. The molecule has 0 amide bonds. The smallest absolute Gasteiger partial charge is 0.349 e. The molecule has 64 heavy (non-hydrogen) atoms. The maximum atomic E-state index is 12.0. The van der Waals surface area contributed by atoms with E-state index in [4.69, 9.17) is 32.5 Å². The lowest BCUT2D eigenvalue weighted by molar-refractivity contribution is -0.145. The first-order valence-electron chi connectivity index (χ1n) is 18.7. The normalized spacial score (nSPS) is 11.2. The van der Waals surface area contributed by atoms with Crippen molar-refractivity contribution in [3.8, 4) is 57.4 Å². The molecular formula is C49H49BrN2O12. The Hall–Kier alpha value is -7.52. The highest BCUT2D eigenvalue weighted by Crippen LogP contribution is 2.38. The molecule has 6 aromatic carbocycles. The van der Waals surface area contributed by atoms with Crippen molar-refractivity contribution in [1.82, 2.24) is 9.97 Å². The third-order valence-electron chi connectivity index (χ3n) is 9.10. The van der Waals surface area contributed by atoms with Crippen molar-refractivity contribution in [2.75, 3.05) is 35.5 Å². The molecule has 0 saturated heterocycles. The first-order valence-corrected chi connectivity index (χ1v) is 19.6. The van der Waals surface area contributed by atoms with Crippen LogP contribution in [0.1, 0.15) is 36.9 Å². The number of carbonyl (C=O) groups excluding carboxylic acids is 1. The predicted molar refractivity (Wildman–Crippen MR) is 248 cm³/mol. The van der Waals surface area contributed by atoms with E-state index in [1.54, 1.807) is 88.1 Å². The molecule has 0 radical (unpaired) electrons. The second-order valence-electron chi connectivity index (χ2n) is 13.0. The van der Waals surface area contributed by atoms with Gasteiger partial charge in [-0.05, 0) is 90.5 Å². The summed E-state index contributed by atoms with van der Waals surface area (Å²) in [6, 6.07) is 38.8. The van der Waals surface area contributed by atoms with E-state index in [2.05, 4.69) is 30.6 Å². The number of para-hydroxylation sites is 4. The minimum atomic E-state index is -1.25. The quantitative estimate of drug-likeness (QED) is 0.0871. The largest absolute Gasteiger partial charge is 0.507 e. The summed E-state index contributed by atoms with van der Waals surface area (Å²) in [5.74, 6) is 2.11. The summed E-state index contributed by atoms with van der Waals surface area (Å²) in [5, 5.41) is 19.7. The molecule has 2 unspecified atom stereocenters. The molecule has 15 heteroatoms. The molecular weight excluding hydrogens is 888 g/mol. The number of methoxy groups -OCH3 is 5. The second-order valence-corrected chi connectivity index (χ2v) is 13.9. The molecule has 334 valence electrons. The molecule has 0 fully saturated rings. The van der Waals surface area contributed by atoms with E-state index in [9.17, 15) is 19.8 Å². The van der Waals surface area contributed by atoms with E-state index in [0.717, 1.165) is 16.8 Å². The van der Waals surface area contributed by atoms with E-state index in [1.165, 1.54) is 14.2 Å². The molecule has 0 bridgehead atoms. The number of carbonyl (C=O) groups is 2. The van der Waals surface area contributed by atoms with Crippen LogP contribution in [0.2, 0.25) is 0 Å². The Bertz CT molecular complexity index is 2720. The van der Waals surface area contributed by atoms with Gasteiger partial charge in [0.05, 0.1) is 46.7 Å². The van der Waals surface area contributed by atoms with Gasteiger partial charge in [0, 0.05) is 5.56 Å². The van der Waals surface area contributed by atoms with E-state index < -0.39 is 16.9 Å². The van der Waals surface area contributed by atoms with Crippen LogP contribution in [0.3, 0.4) is 0 Å². The van der Waals surface area contributed by atoms with Gasteiger partial charge in [-0.15, -0.1) is 0 Å². The van der Waals surface area contributed by atoms with Gasteiger partial charge in [-0.1, -0.05) is 79.3 Å². The lowest BCUT2D eigenvalue weighted by Gasteiger charge is -2.18. The molecule has 2 heterocycles. The van der Waals surface area contributed by atoms with Crippen molar-refractivity contribution in [3.63, 3.8) is 0 Å². The highest BCUT2D eigenvalue weighted by atomic mass is 79.9. The number of rotatable bonds is 12. The maximum absolute atomic E-state index is 12.0. The number of alkyl halides is 1. The van der Waals surface area contributed by atoms with Crippen molar-refractivity contribution >= 4 is 50.1 Å². The average molecular weight is 938 g/mol. The van der Waals surface area contributed by atoms with Gasteiger partial charge in [0.15, 0.2) is 11.2 Å². The number of aliphatic carboxylic acids is 1. The number of hydrogen-bond acceptors (Lipinski definition) is 13. The molecule has 0 saturated carbocycles. The zero-order chi connectivity index (χ0) is 44.2. The molecule has 0 spiro atoms. The fourth-order valence-corrected chi connectivity index (χ4v) is 6.40. The monoisotopic (exact) mass is 936 g/mol. The predicted octanol–water partition coefficient (Wildman–Crippen LogP) is 11.5. The topological polar surface area (TPSA) is 182 Å². The van der Waals surface area contributed by atoms with Crippen LogP contribution < -0.4 is 23.7 Å². The SMILES string of the molecule is C.C.COC(=O)C(Br)c1cccc(OC)c1.COc1ccc(O)c(-c2nc3ccccc3o2)c1.COc1cccc(C(Oc2ccc(OC)cc2-c2nc3ccccc3o2)C(=O)O)c1. The number of oxazole rings is 2. The summed E-state index contributed by atoms with van der Waals surface area (Å²) in [4.78, 5) is 31.6. The summed E-state index contributed by atoms with van der Waals surface area (Å²) < 4.78 is 42.7. The zero-order valence-electron chi connectivity index (χ0n) is 34.1. The molecule has 8 aromatic rings. The van der Waals surface area contributed by atoms with Gasteiger partial charge in [-0.25, -0.2) is 14.8 Å². The van der Waals surface area contributed by atoms with Gasteiger partial charge in [0.25, 0.3) is 0 Å². The highest BCUT2D eigenvalue weighted by molar-refractivity contribution is 9.09. The number of aromatic hydroxyl groups is 1. The first kappa shape index (κ1) is 49.1. The van der Waals surface area contributed by atoms with Crippen LogP contribution in [0.25, 0.3) is 45.1 Å². The zero-order valence-corrected chi connectivity index (χ0v) is 35.7. The number of benzene rings is 6. The van der Waals surface area contributed by atoms with Crippen molar-refractivity contribution in [1.29, 1.82) is 0 Å². The molecule has 2 N–H and O–H groups in total. The molecule has 2 atom stereocenters. The first-order chi connectivity index (χ1) is 30.0. The Kier molecular flexibility index (Phi) is 17.7. The fourth-order valence-electron chi connectivity index (χ4n) is 5.93. The molecule has 0 aliphatic carbocycles. The fraction of sp³-hybridized carbons (Fsp3) is 0.184. The van der Waals surface area contributed by atoms with Crippen molar-refractivity contribution in [2.45, 2.75) is 25.8 Å². The Balaban J connectivity index is 0.000000226. The van der Waals surface area contributed by atoms with Crippen LogP contribution in [-0.2, 0) is 14.3 Å². The Morgan fingerprint density at radius 3 is 1.56 bits per heavy atom. The third kappa shape index (κ3) is 11.9. The number of aromatic nitrogens is 2. The number of carboxylic acid groups (broad SMARTS) is 1. The van der Waals surface area contributed by atoms with E-state index >= 15 is 0 Å². The molecule has 2 aromatic heterocycles. The summed E-state index contributed by atoms with van der Waals surface area (Å²) >= 11 is 3.24. The number of nitrogens with zero attached hydrogens (tertiary/aromatic N) is 2. The Labute approximate surface area is 379 Å². The van der Waals surface area contributed by atoms with Crippen molar-refractivity contribution < 1.29 is 57.1 Å². The molecule has 0 aliphatic rings. The summed E-state index contributed by atoms with van der Waals surface area (Å²) in [5.41, 5.74) is 5.01. The van der Waals surface area contributed by atoms with Gasteiger partial charge in [-0.2, -0.15) is 0 Å². The van der Waals surface area contributed by atoms with Crippen molar-refractivity contribution in [2.24, 2.45) is 0 Å². The maximum Gasteiger partial charge on any atom is 0.349 e.